The lowest BCUT2D eigenvalue weighted by molar-refractivity contribution is -0.188. The van der Waals surface area contributed by atoms with Crippen LogP contribution in [0.2, 0.25) is 0 Å². The number of hydrogen-bond acceptors (Lipinski definition) is 7. The van der Waals surface area contributed by atoms with Crippen molar-refractivity contribution in [1.82, 2.24) is 10.1 Å². The third-order valence-corrected chi connectivity index (χ3v) is 4.49. The molecule has 8 nitrogen and oxygen atoms in total. The second-order valence-corrected chi connectivity index (χ2v) is 6.14. The first-order chi connectivity index (χ1) is 12.2. The molecule has 0 aromatic carbocycles. The summed E-state index contributed by atoms with van der Waals surface area (Å²) in [5.41, 5.74) is 0.615. The molecule has 2 aromatic heterocycles. The van der Waals surface area contributed by atoms with Crippen LogP contribution in [0.15, 0.2) is 33.4 Å². The van der Waals surface area contributed by atoms with Gasteiger partial charge in [-0.1, -0.05) is 5.16 Å². The molecule has 1 amide bonds. The van der Waals surface area contributed by atoms with Crippen LogP contribution in [0, 0.1) is 0 Å². The van der Waals surface area contributed by atoms with Crippen LogP contribution >= 0.6 is 0 Å². The Labute approximate surface area is 144 Å². The van der Waals surface area contributed by atoms with Gasteiger partial charge in [-0.05, 0) is 12.1 Å². The number of rotatable bonds is 5. The highest BCUT2D eigenvalue weighted by Gasteiger charge is 2.40. The van der Waals surface area contributed by atoms with Crippen LogP contribution in [-0.2, 0) is 25.6 Å². The quantitative estimate of drug-likeness (QED) is 0.814. The van der Waals surface area contributed by atoms with E-state index in [0.717, 1.165) is 0 Å². The fraction of sp³-hybridized carbons (Fsp3) is 0.529. The summed E-state index contributed by atoms with van der Waals surface area (Å²) in [6.07, 6.45) is 2.97. The van der Waals surface area contributed by atoms with Crippen molar-refractivity contribution < 1.29 is 27.9 Å². The van der Waals surface area contributed by atoms with Crippen molar-refractivity contribution in [2.24, 2.45) is 0 Å². The molecule has 8 heteroatoms. The van der Waals surface area contributed by atoms with Crippen molar-refractivity contribution in [3.63, 3.8) is 0 Å². The molecule has 0 unspecified atom stereocenters. The normalized spacial score (nSPS) is 19.6. The highest BCUT2D eigenvalue weighted by Crippen LogP contribution is 2.31. The van der Waals surface area contributed by atoms with Gasteiger partial charge in [0.15, 0.2) is 11.5 Å². The van der Waals surface area contributed by atoms with Gasteiger partial charge in [-0.2, -0.15) is 0 Å². The molecule has 0 aliphatic carbocycles. The number of carbonyl (C=O) groups is 1. The molecular weight excluding hydrogens is 328 g/mol. The number of piperidine rings is 1. The van der Waals surface area contributed by atoms with Crippen molar-refractivity contribution >= 4 is 5.91 Å². The van der Waals surface area contributed by atoms with Crippen molar-refractivity contribution in [2.75, 3.05) is 32.9 Å². The van der Waals surface area contributed by atoms with Crippen molar-refractivity contribution in [3.8, 4) is 11.5 Å². The molecule has 0 saturated carbocycles. The number of likely N-dealkylation sites (tertiary alicyclic amines) is 1. The molecule has 4 heterocycles. The molecule has 0 atom stereocenters. The predicted octanol–water partition coefficient (Wildman–Crippen LogP) is 1.82. The first kappa shape index (κ1) is 16.3. The maximum absolute atomic E-state index is 12.2. The van der Waals surface area contributed by atoms with E-state index in [-0.39, 0.29) is 19.1 Å². The summed E-state index contributed by atoms with van der Waals surface area (Å²) in [7, 11) is 0. The Morgan fingerprint density at radius 2 is 2.04 bits per heavy atom. The number of furan rings is 1. The molecule has 0 N–H and O–H groups in total. The van der Waals surface area contributed by atoms with Crippen molar-refractivity contribution in [2.45, 2.75) is 25.2 Å². The number of amides is 1. The zero-order chi connectivity index (χ0) is 17.1. The Morgan fingerprint density at radius 3 is 2.76 bits per heavy atom. The Morgan fingerprint density at radius 1 is 1.24 bits per heavy atom. The number of nitrogens with zero attached hydrogens (tertiary/aromatic N) is 2. The molecule has 0 radical (unpaired) electrons. The SMILES string of the molecule is O=C(COCc1cc(-c2ccco2)on1)N1CCC2(CC1)OCCO2. The molecule has 2 aliphatic rings. The van der Waals surface area contributed by atoms with E-state index in [1.807, 2.05) is 0 Å². The van der Waals surface area contributed by atoms with E-state index in [0.29, 0.717) is 56.4 Å². The second kappa shape index (κ2) is 6.99. The number of carbonyl (C=O) groups excluding carboxylic acids is 1. The van der Waals surface area contributed by atoms with E-state index in [4.69, 9.17) is 23.2 Å². The summed E-state index contributed by atoms with van der Waals surface area (Å²) < 4.78 is 27.2. The monoisotopic (exact) mass is 348 g/mol. The predicted molar refractivity (Wildman–Crippen MR) is 84.3 cm³/mol. The largest absolute Gasteiger partial charge is 0.461 e. The Balaban J connectivity index is 1.22. The van der Waals surface area contributed by atoms with Crippen molar-refractivity contribution in [1.29, 1.82) is 0 Å². The fourth-order valence-corrected chi connectivity index (χ4v) is 3.13. The average Bonchev–Trinajstić information content (AvgIpc) is 3.37. The van der Waals surface area contributed by atoms with E-state index in [1.54, 1.807) is 29.4 Å². The minimum Gasteiger partial charge on any atom is -0.461 e. The van der Waals surface area contributed by atoms with E-state index in [9.17, 15) is 4.79 Å². The minimum atomic E-state index is -0.472. The molecule has 134 valence electrons. The van der Waals surface area contributed by atoms with Crippen LogP contribution in [-0.4, -0.2) is 54.7 Å². The van der Waals surface area contributed by atoms with Gasteiger partial charge in [0, 0.05) is 32.0 Å². The lowest BCUT2D eigenvalue weighted by atomic mass is 10.0. The first-order valence-electron chi connectivity index (χ1n) is 8.37. The summed E-state index contributed by atoms with van der Waals surface area (Å²) >= 11 is 0. The summed E-state index contributed by atoms with van der Waals surface area (Å²) in [4.78, 5) is 14.0. The molecular formula is C17H20N2O6. The molecule has 4 rings (SSSR count). The first-order valence-corrected chi connectivity index (χ1v) is 8.37. The minimum absolute atomic E-state index is 0.0116. The average molecular weight is 348 g/mol. The fourth-order valence-electron chi connectivity index (χ4n) is 3.13. The Bertz CT molecular complexity index is 695. The van der Waals surface area contributed by atoms with Gasteiger partial charge in [0.25, 0.3) is 0 Å². The number of aromatic nitrogens is 1. The van der Waals surface area contributed by atoms with Gasteiger partial charge in [-0.15, -0.1) is 0 Å². The smallest absolute Gasteiger partial charge is 0.248 e. The van der Waals surface area contributed by atoms with Crippen LogP contribution in [0.4, 0.5) is 0 Å². The maximum Gasteiger partial charge on any atom is 0.248 e. The van der Waals surface area contributed by atoms with Crippen LogP contribution in [0.3, 0.4) is 0 Å². The van der Waals surface area contributed by atoms with Crippen LogP contribution in [0.25, 0.3) is 11.5 Å². The molecule has 2 fully saturated rings. The topological polar surface area (TPSA) is 87.2 Å². The molecule has 2 aromatic rings. The zero-order valence-corrected chi connectivity index (χ0v) is 13.8. The Kier molecular flexibility index (Phi) is 4.56. The van der Waals surface area contributed by atoms with Gasteiger partial charge >= 0.3 is 0 Å². The molecule has 0 bridgehead atoms. The van der Waals surface area contributed by atoms with E-state index in [2.05, 4.69) is 5.16 Å². The lowest BCUT2D eigenvalue weighted by Gasteiger charge is -2.37. The summed E-state index contributed by atoms with van der Waals surface area (Å²) in [6, 6.07) is 5.30. The van der Waals surface area contributed by atoms with Gasteiger partial charge in [-0.3, -0.25) is 4.79 Å². The van der Waals surface area contributed by atoms with Crippen LogP contribution in [0.1, 0.15) is 18.5 Å². The zero-order valence-electron chi connectivity index (χ0n) is 13.8. The lowest BCUT2D eigenvalue weighted by Crippen LogP contribution is -2.48. The standard InChI is InChI=1S/C17H20N2O6/c20-16(19-5-3-17(4-6-19)23-8-9-24-17)12-21-11-13-10-15(25-18-13)14-2-1-7-22-14/h1-2,7,10H,3-6,8-9,11-12H2. The summed E-state index contributed by atoms with van der Waals surface area (Å²) in [6.45, 7) is 2.73. The van der Waals surface area contributed by atoms with Crippen molar-refractivity contribution in [3.05, 3.63) is 30.2 Å². The van der Waals surface area contributed by atoms with Gasteiger partial charge in [-0.25, -0.2) is 0 Å². The third kappa shape index (κ3) is 3.60. The van der Waals surface area contributed by atoms with Gasteiger partial charge in [0.05, 0.1) is 26.1 Å². The number of ether oxygens (including phenoxy) is 3. The van der Waals surface area contributed by atoms with E-state index in [1.165, 1.54) is 0 Å². The van der Waals surface area contributed by atoms with E-state index < -0.39 is 5.79 Å². The van der Waals surface area contributed by atoms with Gasteiger partial charge in [0.1, 0.15) is 12.3 Å². The molecule has 25 heavy (non-hydrogen) atoms. The molecule has 1 spiro atoms. The summed E-state index contributed by atoms with van der Waals surface area (Å²) in [5, 5.41) is 3.91. The molecule has 2 saturated heterocycles. The van der Waals surface area contributed by atoms with Crippen LogP contribution < -0.4 is 0 Å². The van der Waals surface area contributed by atoms with Gasteiger partial charge in [0.2, 0.25) is 11.7 Å². The van der Waals surface area contributed by atoms with Crippen LogP contribution in [0.5, 0.6) is 0 Å². The van der Waals surface area contributed by atoms with E-state index >= 15 is 0 Å². The molecule has 2 aliphatic heterocycles. The maximum atomic E-state index is 12.2. The highest BCUT2D eigenvalue weighted by molar-refractivity contribution is 5.77. The highest BCUT2D eigenvalue weighted by atomic mass is 16.7. The van der Waals surface area contributed by atoms with Gasteiger partial charge < -0.3 is 28.1 Å². The Hall–Kier alpha value is -2.16. The summed E-state index contributed by atoms with van der Waals surface area (Å²) in [5.74, 6) is 0.629. The second-order valence-electron chi connectivity index (χ2n) is 6.14. The number of hydrogen-bond donors (Lipinski definition) is 0. The third-order valence-electron chi connectivity index (χ3n) is 4.49.